The molecule has 6 heteroatoms. The molecule has 0 aromatic heterocycles. The Bertz CT molecular complexity index is 1170. The highest BCUT2D eigenvalue weighted by atomic mass is 16.6. The van der Waals surface area contributed by atoms with Gasteiger partial charge < -0.3 is 14.6 Å². The predicted molar refractivity (Wildman–Crippen MR) is 162 cm³/mol. The molecule has 4 saturated carbocycles. The number of ether oxygens (including phenoxy) is 2. The van der Waals surface area contributed by atoms with Crippen molar-refractivity contribution in [1.82, 2.24) is 0 Å². The molecule has 5 aliphatic rings. The van der Waals surface area contributed by atoms with Gasteiger partial charge in [-0.05, 0) is 97.2 Å². The summed E-state index contributed by atoms with van der Waals surface area (Å²) < 4.78 is 12.2. The lowest BCUT2D eigenvalue weighted by Gasteiger charge is -2.71. The quantitative estimate of drug-likeness (QED) is 0.259. The van der Waals surface area contributed by atoms with E-state index in [0.717, 1.165) is 51.4 Å². The van der Waals surface area contributed by atoms with E-state index in [1.54, 1.807) is 0 Å². The molecule has 5 rings (SSSR count). The minimum atomic E-state index is -0.645. The molecule has 0 unspecified atom stereocenters. The Labute approximate surface area is 253 Å². The highest BCUT2D eigenvalue weighted by Crippen LogP contribution is 2.76. The van der Waals surface area contributed by atoms with E-state index >= 15 is 0 Å². The molecule has 0 aromatic rings. The van der Waals surface area contributed by atoms with Gasteiger partial charge in [0.2, 0.25) is 0 Å². The van der Waals surface area contributed by atoms with E-state index in [2.05, 4.69) is 54.5 Å². The van der Waals surface area contributed by atoms with Gasteiger partial charge in [0, 0.05) is 18.3 Å². The second-order valence-corrected chi connectivity index (χ2v) is 16.8. The number of allylic oxidation sites excluding steroid dienone is 2. The third-order valence-electron chi connectivity index (χ3n) is 14.1. The number of rotatable bonds is 5. The Kier molecular flexibility index (Phi) is 7.58. The van der Waals surface area contributed by atoms with Crippen LogP contribution in [0.2, 0.25) is 0 Å². The Morgan fingerprint density at radius 3 is 2.07 bits per heavy atom. The number of carbonyl (C=O) groups is 3. The number of esters is 2. The largest absolute Gasteiger partial charge is 0.481 e. The van der Waals surface area contributed by atoms with Crippen molar-refractivity contribution in [1.29, 1.82) is 0 Å². The van der Waals surface area contributed by atoms with Gasteiger partial charge in [-0.15, -0.1) is 0 Å². The summed E-state index contributed by atoms with van der Waals surface area (Å²) in [6.07, 6.45) is 10.1. The maximum atomic E-state index is 12.9. The summed E-state index contributed by atoms with van der Waals surface area (Å²) in [7, 11) is 0. The second kappa shape index (κ2) is 10.1. The molecule has 9 atom stereocenters. The third kappa shape index (κ3) is 4.34. The maximum Gasteiger partial charge on any atom is 0.310 e. The van der Waals surface area contributed by atoms with Gasteiger partial charge in [-0.2, -0.15) is 0 Å². The average Bonchev–Trinajstić information content (AvgIpc) is 2.90. The van der Waals surface area contributed by atoms with Crippen LogP contribution in [-0.4, -0.2) is 35.2 Å². The maximum absolute atomic E-state index is 12.9. The molecule has 0 radical (unpaired) electrons. The molecule has 42 heavy (non-hydrogen) atoms. The summed E-state index contributed by atoms with van der Waals surface area (Å²) in [5.41, 5.74) is 0.350. The van der Waals surface area contributed by atoms with Crippen LogP contribution in [0, 0.1) is 50.2 Å². The highest BCUT2D eigenvalue weighted by molar-refractivity contribution is 5.76. The van der Waals surface area contributed by atoms with Crippen LogP contribution in [0.1, 0.15) is 133 Å². The van der Waals surface area contributed by atoms with Crippen LogP contribution in [0.15, 0.2) is 11.6 Å². The van der Waals surface area contributed by atoms with Gasteiger partial charge >= 0.3 is 17.9 Å². The van der Waals surface area contributed by atoms with Crippen molar-refractivity contribution < 1.29 is 29.0 Å². The fraction of sp³-hybridized carbons (Fsp3) is 0.861. The first-order valence-corrected chi connectivity index (χ1v) is 16.7. The number of hydrogen-bond donors (Lipinski definition) is 1. The van der Waals surface area contributed by atoms with Crippen LogP contribution in [0.5, 0.6) is 0 Å². The number of carboxylic acids is 1. The van der Waals surface area contributed by atoms with Crippen LogP contribution in [0.3, 0.4) is 0 Å². The molecule has 0 bridgehead atoms. The number of aliphatic carboxylic acids is 1. The predicted octanol–water partition coefficient (Wildman–Crippen LogP) is 8.13. The van der Waals surface area contributed by atoms with Crippen molar-refractivity contribution in [3.05, 3.63) is 11.6 Å². The summed E-state index contributed by atoms with van der Waals surface area (Å²) in [6.45, 7) is 20.1. The molecular formula is C36H56O6. The van der Waals surface area contributed by atoms with Gasteiger partial charge in [0.1, 0.15) is 12.2 Å². The minimum absolute atomic E-state index is 0.00306. The fourth-order valence-electron chi connectivity index (χ4n) is 11.5. The molecule has 0 aliphatic heterocycles. The van der Waals surface area contributed by atoms with Gasteiger partial charge in [-0.3, -0.25) is 14.4 Å². The van der Waals surface area contributed by atoms with E-state index in [4.69, 9.17) is 9.47 Å². The lowest BCUT2D eigenvalue weighted by atomic mass is 9.33. The van der Waals surface area contributed by atoms with E-state index in [0.29, 0.717) is 31.1 Å². The Morgan fingerprint density at radius 1 is 0.833 bits per heavy atom. The zero-order valence-corrected chi connectivity index (χ0v) is 27.7. The van der Waals surface area contributed by atoms with Crippen LogP contribution in [0.4, 0.5) is 0 Å². The number of carboxylic acid groups (broad SMARTS) is 1. The normalized spacial score (nSPS) is 45.2. The number of fused-ring (bicyclic) bond motifs is 7. The highest BCUT2D eigenvalue weighted by Gasteiger charge is 2.70. The SMILES string of the molecule is CCC(=O)O[C@@H]1C[C@]2(C)[C@H]3CC=C4[C@@H]5CC(C)(C)CC[C@]5(C(=O)O)CC[C@@]4(C)[C@]3(C)CC[C@H]2C(C)(C)[C@H]1OC(=O)CC. The summed E-state index contributed by atoms with van der Waals surface area (Å²) >= 11 is 0. The molecular weight excluding hydrogens is 528 g/mol. The van der Waals surface area contributed by atoms with Gasteiger partial charge in [-0.1, -0.05) is 74.0 Å². The summed E-state index contributed by atoms with van der Waals surface area (Å²) in [6, 6.07) is 0. The van der Waals surface area contributed by atoms with Crippen molar-refractivity contribution in [2.75, 3.05) is 0 Å². The van der Waals surface area contributed by atoms with E-state index in [9.17, 15) is 19.5 Å². The smallest absolute Gasteiger partial charge is 0.310 e. The lowest BCUT2D eigenvalue weighted by molar-refractivity contribution is -0.245. The van der Waals surface area contributed by atoms with Gasteiger partial charge in [0.05, 0.1) is 5.41 Å². The molecule has 1 N–H and O–H groups in total. The first-order chi connectivity index (χ1) is 19.4. The molecule has 0 aromatic carbocycles. The summed E-state index contributed by atoms with van der Waals surface area (Å²) in [5, 5.41) is 10.6. The van der Waals surface area contributed by atoms with E-state index in [1.165, 1.54) is 5.57 Å². The zero-order valence-electron chi connectivity index (χ0n) is 27.7. The van der Waals surface area contributed by atoms with Gasteiger partial charge in [0.15, 0.2) is 0 Å². The van der Waals surface area contributed by atoms with Crippen LogP contribution >= 0.6 is 0 Å². The van der Waals surface area contributed by atoms with Crippen molar-refractivity contribution in [2.45, 2.75) is 145 Å². The monoisotopic (exact) mass is 584 g/mol. The Hall–Kier alpha value is -1.85. The standard InChI is InChI=1S/C36H56O6/c1-10-27(37)41-24-21-33(7)25(32(5,6)29(24)42-28(38)11-2)14-15-35(9)26(33)13-12-22-23-20-31(3,4)16-18-36(23,30(39)40)19-17-34(22,35)8/h12,23-26,29H,10-11,13-21H2,1-9H3,(H,39,40)/t23-,24+,25-,26+,29-,33-,34+,35+,36-/m0/s1. The number of hydrogen-bond acceptors (Lipinski definition) is 5. The Balaban J connectivity index is 1.58. The number of carbonyl (C=O) groups excluding carboxylic acids is 2. The van der Waals surface area contributed by atoms with Crippen LogP contribution in [-0.2, 0) is 23.9 Å². The summed E-state index contributed by atoms with van der Waals surface area (Å²) in [5.74, 6) is -0.341. The molecule has 0 heterocycles. The van der Waals surface area contributed by atoms with E-state index in [1.807, 2.05) is 13.8 Å². The van der Waals surface area contributed by atoms with E-state index < -0.39 is 23.6 Å². The average molecular weight is 585 g/mol. The molecule has 0 amide bonds. The van der Waals surface area contributed by atoms with Crippen LogP contribution < -0.4 is 0 Å². The van der Waals surface area contributed by atoms with Gasteiger partial charge in [0.25, 0.3) is 0 Å². The van der Waals surface area contributed by atoms with E-state index in [-0.39, 0.29) is 44.9 Å². The van der Waals surface area contributed by atoms with Crippen molar-refractivity contribution in [3.8, 4) is 0 Å². The minimum Gasteiger partial charge on any atom is -0.481 e. The van der Waals surface area contributed by atoms with Crippen molar-refractivity contribution in [2.24, 2.45) is 50.2 Å². The Morgan fingerprint density at radius 2 is 1.45 bits per heavy atom. The molecule has 6 nitrogen and oxygen atoms in total. The van der Waals surface area contributed by atoms with Crippen molar-refractivity contribution in [3.63, 3.8) is 0 Å². The second-order valence-electron chi connectivity index (χ2n) is 16.8. The molecule has 5 aliphatic carbocycles. The molecule has 4 fully saturated rings. The fourth-order valence-corrected chi connectivity index (χ4v) is 11.5. The molecule has 236 valence electrons. The topological polar surface area (TPSA) is 89.9 Å². The molecule has 0 saturated heterocycles. The summed E-state index contributed by atoms with van der Waals surface area (Å²) in [4.78, 5) is 38.2. The molecule has 0 spiro atoms. The first-order valence-electron chi connectivity index (χ1n) is 16.7. The van der Waals surface area contributed by atoms with Gasteiger partial charge in [-0.25, -0.2) is 0 Å². The third-order valence-corrected chi connectivity index (χ3v) is 14.1. The first kappa shape index (κ1) is 31.6. The van der Waals surface area contributed by atoms with Crippen molar-refractivity contribution >= 4 is 17.9 Å². The van der Waals surface area contributed by atoms with Crippen LogP contribution in [0.25, 0.3) is 0 Å². The lowest BCUT2D eigenvalue weighted by Crippen LogP contribution is -2.67. The zero-order chi connectivity index (χ0) is 31.1.